The summed E-state index contributed by atoms with van der Waals surface area (Å²) in [4.78, 5) is 0. The van der Waals surface area contributed by atoms with E-state index in [1.807, 2.05) is 6.92 Å². The zero-order valence-corrected chi connectivity index (χ0v) is 8.87. The van der Waals surface area contributed by atoms with Crippen LogP contribution >= 0.6 is 0 Å². The van der Waals surface area contributed by atoms with Crippen LogP contribution in [0.4, 0.5) is 17.6 Å². The maximum Gasteiger partial charge on any atom is 0.416 e. The van der Waals surface area contributed by atoms with E-state index in [-0.39, 0.29) is 6.54 Å². The zero-order chi connectivity index (χ0) is 12.2. The minimum atomic E-state index is -4.50. The van der Waals surface area contributed by atoms with Crippen LogP contribution in [0, 0.1) is 5.82 Å². The highest BCUT2D eigenvalue weighted by Crippen LogP contribution is 2.30. The minimum Gasteiger partial charge on any atom is -0.313 e. The van der Waals surface area contributed by atoms with Gasteiger partial charge >= 0.3 is 6.18 Å². The van der Waals surface area contributed by atoms with Gasteiger partial charge in [-0.05, 0) is 36.7 Å². The Kier molecular flexibility index (Phi) is 4.29. The van der Waals surface area contributed by atoms with Crippen molar-refractivity contribution in [3.63, 3.8) is 0 Å². The van der Waals surface area contributed by atoms with E-state index in [1.54, 1.807) is 0 Å². The van der Waals surface area contributed by atoms with Gasteiger partial charge in [-0.15, -0.1) is 0 Å². The van der Waals surface area contributed by atoms with Crippen LogP contribution in [0.1, 0.15) is 24.5 Å². The summed E-state index contributed by atoms with van der Waals surface area (Å²) in [6, 6.07) is 2.58. The van der Waals surface area contributed by atoms with Crippen LogP contribution in [-0.4, -0.2) is 6.54 Å². The largest absolute Gasteiger partial charge is 0.416 e. The maximum absolute atomic E-state index is 12.9. The summed E-state index contributed by atoms with van der Waals surface area (Å²) in [5.74, 6) is -0.858. The van der Waals surface area contributed by atoms with E-state index in [0.29, 0.717) is 18.2 Å². The first-order valence-electron chi connectivity index (χ1n) is 5.01. The van der Waals surface area contributed by atoms with Crippen LogP contribution in [0.25, 0.3) is 0 Å². The summed E-state index contributed by atoms with van der Waals surface area (Å²) in [5.41, 5.74) is -0.637. The Morgan fingerprint density at radius 1 is 1.19 bits per heavy atom. The number of hydrogen-bond donors (Lipinski definition) is 1. The van der Waals surface area contributed by atoms with E-state index < -0.39 is 17.6 Å². The number of rotatable bonds is 4. The third-order valence-electron chi connectivity index (χ3n) is 2.04. The molecule has 0 saturated heterocycles. The maximum atomic E-state index is 12.9. The van der Waals surface area contributed by atoms with Gasteiger partial charge < -0.3 is 5.32 Å². The van der Waals surface area contributed by atoms with Gasteiger partial charge in [0.05, 0.1) is 5.56 Å². The molecule has 0 unspecified atom stereocenters. The number of benzene rings is 1. The summed E-state index contributed by atoms with van der Waals surface area (Å²) in [5, 5.41) is 2.92. The molecular formula is C11H13F4N. The second-order valence-corrected chi connectivity index (χ2v) is 3.52. The van der Waals surface area contributed by atoms with Crippen LogP contribution in [0.3, 0.4) is 0 Å². The third-order valence-corrected chi connectivity index (χ3v) is 2.04. The van der Waals surface area contributed by atoms with E-state index in [2.05, 4.69) is 5.32 Å². The van der Waals surface area contributed by atoms with Crippen molar-refractivity contribution in [2.45, 2.75) is 26.1 Å². The smallest absolute Gasteiger partial charge is 0.313 e. The molecule has 0 aromatic heterocycles. The normalized spacial score (nSPS) is 11.8. The highest BCUT2D eigenvalue weighted by Gasteiger charge is 2.31. The van der Waals surface area contributed by atoms with E-state index in [4.69, 9.17) is 0 Å². The van der Waals surface area contributed by atoms with Crippen LogP contribution in [0.15, 0.2) is 18.2 Å². The van der Waals surface area contributed by atoms with Gasteiger partial charge in [0.2, 0.25) is 0 Å². The summed E-state index contributed by atoms with van der Waals surface area (Å²) < 4.78 is 50.0. The monoisotopic (exact) mass is 235 g/mol. The summed E-state index contributed by atoms with van der Waals surface area (Å²) in [6.45, 7) is 2.88. The lowest BCUT2D eigenvalue weighted by atomic mass is 10.1. The van der Waals surface area contributed by atoms with Gasteiger partial charge in [-0.2, -0.15) is 13.2 Å². The van der Waals surface area contributed by atoms with Gasteiger partial charge in [-0.3, -0.25) is 0 Å². The van der Waals surface area contributed by atoms with E-state index in [1.165, 1.54) is 0 Å². The standard InChI is InChI=1S/C11H13F4N/c1-2-3-16-7-8-4-9(11(13,14)15)6-10(12)5-8/h4-6,16H,2-3,7H2,1H3. The first-order valence-corrected chi connectivity index (χ1v) is 5.01. The molecular weight excluding hydrogens is 222 g/mol. The second kappa shape index (κ2) is 5.30. The molecule has 1 rings (SSSR count). The van der Waals surface area contributed by atoms with Crippen LogP contribution in [0.5, 0.6) is 0 Å². The Hall–Kier alpha value is -1.10. The molecule has 16 heavy (non-hydrogen) atoms. The highest BCUT2D eigenvalue weighted by atomic mass is 19.4. The molecule has 0 saturated carbocycles. The molecule has 1 aromatic rings. The van der Waals surface area contributed by atoms with Crippen molar-refractivity contribution in [3.05, 3.63) is 35.1 Å². The molecule has 0 aliphatic rings. The Balaban J connectivity index is 2.82. The molecule has 0 heterocycles. The molecule has 5 heteroatoms. The van der Waals surface area contributed by atoms with Crippen molar-refractivity contribution in [2.75, 3.05) is 6.54 Å². The van der Waals surface area contributed by atoms with Gasteiger partial charge in [-0.25, -0.2) is 4.39 Å². The summed E-state index contributed by atoms with van der Waals surface area (Å²) >= 11 is 0. The van der Waals surface area contributed by atoms with Crippen LogP contribution in [-0.2, 0) is 12.7 Å². The Morgan fingerprint density at radius 3 is 2.44 bits per heavy atom. The molecule has 0 amide bonds. The molecule has 90 valence electrons. The molecule has 1 nitrogen and oxygen atoms in total. The highest BCUT2D eigenvalue weighted by molar-refractivity contribution is 5.26. The predicted octanol–water partition coefficient (Wildman–Crippen LogP) is 3.34. The van der Waals surface area contributed by atoms with Crippen molar-refractivity contribution >= 4 is 0 Å². The van der Waals surface area contributed by atoms with Gasteiger partial charge in [0.15, 0.2) is 0 Å². The molecule has 0 spiro atoms. The lowest BCUT2D eigenvalue weighted by Crippen LogP contribution is -2.15. The predicted molar refractivity (Wildman–Crippen MR) is 53.4 cm³/mol. The van der Waals surface area contributed by atoms with E-state index >= 15 is 0 Å². The Bertz CT molecular complexity index is 346. The fourth-order valence-electron chi connectivity index (χ4n) is 1.33. The average molecular weight is 235 g/mol. The molecule has 0 atom stereocenters. The number of alkyl halides is 3. The van der Waals surface area contributed by atoms with E-state index in [0.717, 1.165) is 18.6 Å². The first-order chi connectivity index (χ1) is 7.43. The van der Waals surface area contributed by atoms with Crippen molar-refractivity contribution in [3.8, 4) is 0 Å². The third kappa shape index (κ3) is 3.81. The Labute approximate surface area is 91.5 Å². The fraction of sp³-hybridized carbons (Fsp3) is 0.455. The van der Waals surface area contributed by atoms with Crippen LogP contribution < -0.4 is 5.32 Å². The fourth-order valence-corrected chi connectivity index (χ4v) is 1.33. The SMILES string of the molecule is CCCNCc1cc(F)cc(C(F)(F)F)c1. The summed E-state index contributed by atoms with van der Waals surface area (Å²) in [6.07, 6.45) is -3.62. The van der Waals surface area contributed by atoms with Crippen molar-refractivity contribution < 1.29 is 17.6 Å². The first kappa shape index (κ1) is 13.0. The number of halogens is 4. The molecule has 0 fully saturated rings. The van der Waals surface area contributed by atoms with Crippen molar-refractivity contribution in [2.24, 2.45) is 0 Å². The van der Waals surface area contributed by atoms with Gasteiger partial charge in [0.1, 0.15) is 5.82 Å². The molecule has 0 radical (unpaired) electrons. The molecule has 0 aliphatic carbocycles. The molecule has 1 N–H and O–H groups in total. The van der Waals surface area contributed by atoms with Crippen molar-refractivity contribution in [1.29, 1.82) is 0 Å². The number of hydrogen-bond acceptors (Lipinski definition) is 1. The van der Waals surface area contributed by atoms with Gasteiger partial charge in [-0.1, -0.05) is 6.92 Å². The lowest BCUT2D eigenvalue weighted by Gasteiger charge is -2.09. The molecule has 0 bridgehead atoms. The average Bonchev–Trinajstić information content (AvgIpc) is 2.16. The minimum absolute atomic E-state index is 0.245. The quantitative estimate of drug-likeness (QED) is 0.623. The topological polar surface area (TPSA) is 12.0 Å². The van der Waals surface area contributed by atoms with E-state index in [9.17, 15) is 17.6 Å². The van der Waals surface area contributed by atoms with Gasteiger partial charge in [0, 0.05) is 6.54 Å². The van der Waals surface area contributed by atoms with Crippen molar-refractivity contribution in [1.82, 2.24) is 5.32 Å². The summed E-state index contributed by atoms with van der Waals surface area (Å²) in [7, 11) is 0. The molecule has 1 aromatic carbocycles. The number of nitrogens with one attached hydrogen (secondary N) is 1. The molecule has 0 aliphatic heterocycles. The lowest BCUT2D eigenvalue weighted by molar-refractivity contribution is -0.137. The zero-order valence-electron chi connectivity index (χ0n) is 8.87. The Morgan fingerprint density at radius 2 is 1.88 bits per heavy atom. The second-order valence-electron chi connectivity index (χ2n) is 3.52. The van der Waals surface area contributed by atoms with Gasteiger partial charge in [0.25, 0.3) is 0 Å². The van der Waals surface area contributed by atoms with Crippen LogP contribution in [0.2, 0.25) is 0 Å².